The number of carbonyl (C=O) groups excluding carboxylic acids is 5. The van der Waals surface area contributed by atoms with Gasteiger partial charge in [-0.25, -0.2) is 0 Å². The van der Waals surface area contributed by atoms with Gasteiger partial charge in [0.25, 0.3) is 0 Å². The fraction of sp³-hybridized carbons (Fsp3) is 0.500. The number of fused-ring (bicyclic) bond motifs is 3. The highest BCUT2D eigenvalue weighted by atomic mass is 16.3. The third-order valence-electron chi connectivity index (χ3n) is 7.38. The number of likely N-dealkylation sites (N-methyl/N-ethyl adjacent to an activating group) is 1. The lowest BCUT2D eigenvalue weighted by molar-refractivity contribution is -0.188. The number of nitrogens with two attached hydrogens (primary N) is 1. The Morgan fingerprint density at radius 1 is 1.09 bits per heavy atom. The minimum Gasteiger partial charge on any atom is -0.507 e. The predicted molar refractivity (Wildman–Crippen MR) is 107 cm³/mol. The van der Waals surface area contributed by atoms with Crippen molar-refractivity contribution in [2.24, 2.45) is 29.4 Å². The van der Waals surface area contributed by atoms with Gasteiger partial charge in [0.15, 0.2) is 34.7 Å². The largest absolute Gasteiger partial charge is 0.507 e. The van der Waals surface area contributed by atoms with E-state index in [1.54, 1.807) is 0 Å². The molecule has 4 rings (SSSR count). The molecule has 0 aliphatic heterocycles. The maximum Gasteiger partial charge on any atom is 0.235 e. The second kappa shape index (κ2) is 6.77. The Kier molecular flexibility index (Phi) is 4.71. The number of hydrogen-bond acceptors (Lipinski definition) is 9. The zero-order valence-corrected chi connectivity index (χ0v) is 17.7. The lowest BCUT2D eigenvalue weighted by atomic mass is 9.49. The quantitative estimate of drug-likeness (QED) is 0.397. The summed E-state index contributed by atoms with van der Waals surface area (Å²) in [5, 5.41) is 33.1. The zero-order valence-electron chi connectivity index (χ0n) is 17.7. The number of ketones is 4. The molecule has 2 saturated carbocycles. The third kappa shape index (κ3) is 2.54. The minimum absolute atomic E-state index is 0.117. The van der Waals surface area contributed by atoms with Gasteiger partial charge in [-0.3, -0.25) is 28.9 Å². The Labute approximate surface area is 183 Å². The van der Waals surface area contributed by atoms with Gasteiger partial charge in [-0.15, -0.1) is 0 Å². The number of amides is 1. The molecule has 1 aromatic rings. The Hall–Kier alpha value is -2.95. The number of hydrogen-bond donors (Lipinski definition) is 4. The molecule has 10 nitrogen and oxygen atoms in total. The fourth-order valence-electron chi connectivity index (χ4n) is 5.88. The lowest BCUT2D eigenvalue weighted by Crippen LogP contribution is -2.75. The van der Waals surface area contributed by atoms with Gasteiger partial charge in [0.1, 0.15) is 5.75 Å². The molecule has 0 radical (unpaired) electrons. The van der Waals surface area contributed by atoms with Gasteiger partial charge in [-0.2, -0.15) is 0 Å². The minimum atomic E-state index is -2.82. The molecule has 0 saturated heterocycles. The van der Waals surface area contributed by atoms with Crippen molar-refractivity contribution in [3.05, 3.63) is 29.3 Å². The molecular weight excluding hydrogens is 420 g/mol. The number of phenolic OH excluding ortho intramolecular Hbond substituents is 1. The molecule has 3 aliphatic rings. The normalized spacial score (nSPS) is 38.9. The van der Waals surface area contributed by atoms with E-state index >= 15 is 0 Å². The standard InChI is InChI=1S/C22H24N2O8/c1-21(31)8-5-4-6-11(25)12(8)16(26)13-9(21)7-10-15(24(2)3)17(27)14(20(23)30)19(29)22(10,32)18(13)28/h4-6,9-10,13-15,25,31-32H,7H2,1-3H3,(H2,23,30)/t9?,10?,13?,14?,15?,21-,22+/m1/s1. The van der Waals surface area contributed by atoms with Crippen molar-refractivity contribution < 1.29 is 39.3 Å². The highest BCUT2D eigenvalue weighted by Crippen LogP contribution is 2.55. The number of benzene rings is 1. The number of phenols is 1. The van der Waals surface area contributed by atoms with Crippen LogP contribution in [-0.4, -0.2) is 75.0 Å². The van der Waals surface area contributed by atoms with E-state index in [2.05, 4.69) is 0 Å². The molecule has 7 atom stereocenters. The van der Waals surface area contributed by atoms with Crippen LogP contribution in [0.4, 0.5) is 0 Å². The molecular formula is C22H24N2O8. The maximum atomic E-state index is 13.6. The van der Waals surface area contributed by atoms with Crippen LogP contribution in [0.2, 0.25) is 0 Å². The van der Waals surface area contributed by atoms with Gasteiger partial charge in [0, 0.05) is 11.8 Å². The first-order valence-electron chi connectivity index (χ1n) is 10.2. The van der Waals surface area contributed by atoms with Crippen LogP contribution in [-0.2, 0) is 24.8 Å². The van der Waals surface area contributed by atoms with Crippen LogP contribution >= 0.6 is 0 Å². The molecule has 170 valence electrons. The first-order chi connectivity index (χ1) is 14.8. The van der Waals surface area contributed by atoms with Crippen molar-refractivity contribution in [1.82, 2.24) is 4.90 Å². The molecule has 0 bridgehead atoms. The topological polar surface area (TPSA) is 175 Å². The number of Topliss-reactive ketones (excluding diaryl/α,β-unsaturated/α-hetero) is 4. The molecule has 0 heterocycles. The summed E-state index contributed by atoms with van der Waals surface area (Å²) in [5.74, 6) is -12.0. The average Bonchev–Trinajstić information content (AvgIpc) is 2.68. The Balaban J connectivity index is 1.95. The predicted octanol–water partition coefficient (Wildman–Crippen LogP) is -1.47. The van der Waals surface area contributed by atoms with Gasteiger partial charge < -0.3 is 21.1 Å². The van der Waals surface area contributed by atoms with E-state index in [1.165, 1.54) is 44.1 Å². The van der Waals surface area contributed by atoms with Gasteiger partial charge in [-0.05, 0) is 39.1 Å². The van der Waals surface area contributed by atoms with Gasteiger partial charge in [-0.1, -0.05) is 12.1 Å². The number of carbonyl (C=O) groups is 5. The molecule has 1 amide bonds. The second-order valence-electron chi connectivity index (χ2n) is 9.28. The number of aromatic hydroxyl groups is 1. The van der Waals surface area contributed by atoms with Crippen LogP contribution in [0.5, 0.6) is 5.75 Å². The van der Waals surface area contributed by atoms with Crippen LogP contribution in [0.3, 0.4) is 0 Å². The Morgan fingerprint density at radius 2 is 1.72 bits per heavy atom. The zero-order chi connectivity index (χ0) is 23.9. The number of primary amides is 1. The molecule has 10 heteroatoms. The summed E-state index contributed by atoms with van der Waals surface area (Å²) in [6.07, 6.45) is -0.230. The number of aliphatic hydroxyl groups is 2. The van der Waals surface area contributed by atoms with E-state index in [-0.39, 0.29) is 17.5 Å². The van der Waals surface area contributed by atoms with Crippen LogP contribution in [0, 0.1) is 23.7 Å². The van der Waals surface area contributed by atoms with Crippen LogP contribution in [0.15, 0.2) is 18.2 Å². The molecule has 1 aromatic carbocycles. The lowest BCUT2D eigenvalue weighted by Gasteiger charge is -2.55. The summed E-state index contributed by atoms with van der Waals surface area (Å²) >= 11 is 0. The molecule has 5 unspecified atom stereocenters. The van der Waals surface area contributed by atoms with E-state index in [9.17, 15) is 39.3 Å². The summed E-state index contributed by atoms with van der Waals surface area (Å²) in [7, 11) is 2.98. The third-order valence-corrected chi connectivity index (χ3v) is 7.38. The summed E-state index contributed by atoms with van der Waals surface area (Å²) in [5.41, 5.74) is 0.511. The van der Waals surface area contributed by atoms with Crippen LogP contribution in [0.25, 0.3) is 0 Å². The van der Waals surface area contributed by atoms with Crippen molar-refractivity contribution in [3.8, 4) is 5.75 Å². The molecule has 2 fully saturated rings. The van der Waals surface area contributed by atoms with Crippen molar-refractivity contribution in [2.75, 3.05) is 14.1 Å². The average molecular weight is 444 g/mol. The van der Waals surface area contributed by atoms with E-state index < -0.39 is 75.7 Å². The van der Waals surface area contributed by atoms with Crippen molar-refractivity contribution in [3.63, 3.8) is 0 Å². The molecule has 0 aromatic heterocycles. The van der Waals surface area contributed by atoms with Crippen LogP contribution < -0.4 is 5.73 Å². The smallest absolute Gasteiger partial charge is 0.235 e. The van der Waals surface area contributed by atoms with E-state index in [0.29, 0.717) is 0 Å². The second-order valence-corrected chi connectivity index (χ2v) is 9.28. The number of nitrogens with zero attached hydrogens (tertiary/aromatic N) is 1. The maximum absolute atomic E-state index is 13.6. The highest BCUT2D eigenvalue weighted by Gasteiger charge is 2.71. The van der Waals surface area contributed by atoms with Crippen molar-refractivity contribution in [1.29, 1.82) is 0 Å². The summed E-state index contributed by atoms with van der Waals surface area (Å²) in [4.78, 5) is 66.4. The monoisotopic (exact) mass is 444 g/mol. The Morgan fingerprint density at radius 3 is 2.28 bits per heavy atom. The summed E-state index contributed by atoms with van der Waals surface area (Å²) in [6, 6.07) is 2.91. The van der Waals surface area contributed by atoms with Gasteiger partial charge in [0.2, 0.25) is 5.91 Å². The molecule has 32 heavy (non-hydrogen) atoms. The fourth-order valence-corrected chi connectivity index (χ4v) is 5.88. The van der Waals surface area contributed by atoms with E-state index in [4.69, 9.17) is 5.73 Å². The summed E-state index contributed by atoms with van der Waals surface area (Å²) in [6.45, 7) is 1.39. The van der Waals surface area contributed by atoms with Gasteiger partial charge in [0.05, 0.1) is 23.1 Å². The summed E-state index contributed by atoms with van der Waals surface area (Å²) < 4.78 is 0. The molecule has 5 N–H and O–H groups in total. The van der Waals surface area contributed by atoms with Gasteiger partial charge >= 0.3 is 0 Å². The van der Waals surface area contributed by atoms with E-state index in [1.807, 2.05) is 0 Å². The van der Waals surface area contributed by atoms with Crippen molar-refractivity contribution in [2.45, 2.75) is 30.6 Å². The first kappa shape index (κ1) is 22.3. The SMILES string of the molecule is CN(C)C1C(=O)C(C(N)=O)C(=O)[C@@]2(O)C(=O)C3C(=O)c4c(O)cccc4[C@@](C)(O)C3CC12. The van der Waals surface area contributed by atoms with E-state index in [0.717, 1.165) is 0 Å². The molecule has 0 spiro atoms. The van der Waals surface area contributed by atoms with Crippen molar-refractivity contribution >= 4 is 29.0 Å². The highest BCUT2D eigenvalue weighted by molar-refractivity contribution is 6.32. The molecule has 3 aliphatic carbocycles. The Bertz CT molecular complexity index is 1090. The first-order valence-corrected chi connectivity index (χ1v) is 10.2. The van der Waals surface area contributed by atoms with Crippen LogP contribution in [0.1, 0.15) is 29.3 Å². The number of rotatable bonds is 2.